The van der Waals surface area contributed by atoms with Crippen LogP contribution in [0.3, 0.4) is 0 Å². The Balaban J connectivity index is 1.87. The zero-order valence-corrected chi connectivity index (χ0v) is 17.8. The second-order valence-corrected chi connectivity index (χ2v) is 7.20. The standard InChI is InChI=1S/C23H23NO8/c1-12-16(23(29)32-19-10-15(30-2)9-18(31-3)21(12)19)11-20(26)24-17(22(27)28)8-13-4-6-14(25)7-5-13/h4-7,9-10,17,25H,8,11H2,1-3H3,(H,24,26)(H,27,28)/t17-/m0/s1. The van der Waals surface area contributed by atoms with Gasteiger partial charge in [-0.05, 0) is 30.2 Å². The minimum atomic E-state index is -1.22. The fraction of sp³-hybridized carbons (Fsp3) is 0.261. The summed E-state index contributed by atoms with van der Waals surface area (Å²) in [5.74, 6) is -0.948. The third-order valence-electron chi connectivity index (χ3n) is 5.12. The van der Waals surface area contributed by atoms with Crippen molar-refractivity contribution in [1.82, 2.24) is 5.32 Å². The molecule has 0 fully saturated rings. The average Bonchev–Trinajstić information content (AvgIpc) is 2.76. The molecule has 3 N–H and O–H groups in total. The molecule has 0 radical (unpaired) electrons. The van der Waals surface area contributed by atoms with E-state index in [-0.39, 0.29) is 29.7 Å². The molecule has 3 rings (SSSR count). The summed E-state index contributed by atoms with van der Waals surface area (Å²) < 4.78 is 16.0. The summed E-state index contributed by atoms with van der Waals surface area (Å²) in [5.41, 5.74) is 0.772. The average molecular weight is 441 g/mol. The molecule has 168 valence electrons. The summed E-state index contributed by atoms with van der Waals surface area (Å²) >= 11 is 0. The van der Waals surface area contributed by atoms with Gasteiger partial charge < -0.3 is 29.4 Å². The number of fused-ring (bicyclic) bond motifs is 1. The molecule has 1 heterocycles. The van der Waals surface area contributed by atoms with Crippen LogP contribution in [-0.2, 0) is 22.4 Å². The Bertz CT molecular complexity index is 1210. The van der Waals surface area contributed by atoms with Crippen LogP contribution in [0.4, 0.5) is 0 Å². The van der Waals surface area contributed by atoms with E-state index in [0.29, 0.717) is 28.0 Å². The maximum atomic E-state index is 12.6. The fourth-order valence-electron chi connectivity index (χ4n) is 3.44. The van der Waals surface area contributed by atoms with Crippen molar-refractivity contribution in [2.45, 2.75) is 25.8 Å². The molecule has 1 atom stereocenters. The van der Waals surface area contributed by atoms with E-state index >= 15 is 0 Å². The van der Waals surface area contributed by atoms with Gasteiger partial charge in [-0.1, -0.05) is 12.1 Å². The Morgan fingerprint density at radius 3 is 2.41 bits per heavy atom. The van der Waals surface area contributed by atoms with Crippen LogP contribution in [0, 0.1) is 6.92 Å². The number of aryl methyl sites for hydroxylation is 1. The highest BCUT2D eigenvalue weighted by Gasteiger charge is 2.23. The second-order valence-electron chi connectivity index (χ2n) is 7.20. The number of phenolic OH excluding ortho intramolecular Hbond substituents is 1. The minimum Gasteiger partial charge on any atom is -0.508 e. The van der Waals surface area contributed by atoms with Crippen molar-refractivity contribution in [3.63, 3.8) is 0 Å². The molecular formula is C23H23NO8. The van der Waals surface area contributed by atoms with Crippen LogP contribution in [0.2, 0.25) is 0 Å². The lowest BCUT2D eigenvalue weighted by molar-refractivity contribution is -0.141. The number of phenols is 1. The molecule has 0 spiro atoms. The number of rotatable bonds is 8. The molecule has 0 bridgehead atoms. The topological polar surface area (TPSA) is 135 Å². The summed E-state index contributed by atoms with van der Waals surface area (Å²) in [6.45, 7) is 1.67. The summed E-state index contributed by atoms with van der Waals surface area (Å²) in [6.07, 6.45) is -0.348. The number of aromatic hydroxyl groups is 1. The van der Waals surface area contributed by atoms with Crippen molar-refractivity contribution < 1.29 is 33.7 Å². The number of ether oxygens (including phenoxy) is 2. The number of carboxylic acid groups (broad SMARTS) is 1. The Morgan fingerprint density at radius 1 is 1.12 bits per heavy atom. The van der Waals surface area contributed by atoms with Crippen LogP contribution < -0.4 is 20.4 Å². The molecule has 3 aromatic rings. The van der Waals surface area contributed by atoms with Crippen molar-refractivity contribution in [2.75, 3.05) is 14.2 Å². The Hall–Kier alpha value is -4.01. The van der Waals surface area contributed by atoms with Gasteiger partial charge in [0.15, 0.2) is 0 Å². The molecule has 32 heavy (non-hydrogen) atoms. The lowest BCUT2D eigenvalue weighted by atomic mass is 10.0. The zero-order valence-electron chi connectivity index (χ0n) is 17.8. The van der Waals surface area contributed by atoms with Gasteiger partial charge in [-0.15, -0.1) is 0 Å². The monoisotopic (exact) mass is 441 g/mol. The van der Waals surface area contributed by atoms with E-state index in [1.54, 1.807) is 31.2 Å². The predicted molar refractivity (Wildman–Crippen MR) is 115 cm³/mol. The molecular weight excluding hydrogens is 418 g/mol. The van der Waals surface area contributed by atoms with Crippen LogP contribution in [-0.4, -0.2) is 42.4 Å². The van der Waals surface area contributed by atoms with E-state index in [0.717, 1.165) is 0 Å². The number of nitrogens with one attached hydrogen (secondary N) is 1. The lowest BCUT2D eigenvalue weighted by Crippen LogP contribution is -2.43. The first-order chi connectivity index (χ1) is 15.2. The van der Waals surface area contributed by atoms with E-state index in [9.17, 15) is 24.6 Å². The van der Waals surface area contributed by atoms with Crippen molar-refractivity contribution >= 4 is 22.8 Å². The molecule has 0 unspecified atom stereocenters. The number of carbonyl (C=O) groups excluding carboxylic acids is 1. The van der Waals surface area contributed by atoms with Crippen LogP contribution in [0.15, 0.2) is 45.6 Å². The maximum absolute atomic E-state index is 12.6. The van der Waals surface area contributed by atoms with Gasteiger partial charge >= 0.3 is 11.6 Å². The van der Waals surface area contributed by atoms with E-state index in [2.05, 4.69) is 5.32 Å². The summed E-state index contributed by atoms with van der Waals surface area (Å²) in [5, 5.41) is 21.8. The highest BCUT2D eigenvalue weighted by molar-refractivity contribution is 5.91. The van der Waals surface area contributed by atoms with Gasteiger partial charge in [-0.2, -0.15) is 0 Å². The Morgan fingerprint density at radius 2 is 1.81 bits per heavy atom. The van der Waals surface area contributed by atoms with Crippen molar-refractivity contribution in [3.8, 4) is 17.2 Å². The number of carboxylic acids is 1. The van der Waals surface area contributed by atoms with Gasteiger partial charge in [-0.3, -0.25) is 4.79 Å². The molecule has 0 aliphatic carbocycles. The molecule has 9 heteroatoms. The number of aliphatic carboxylic acids is 1. The quantitative estimate of drug-likeness (QED) is 0.453. The molecule has 1 aromatic heterocycles. The van der Waals surface area contributed by atoms with Gasteiger partial charge in [-0.25, -0.2) is 9.59 Å². The van der Waals surface area contributed by atoms with Gasteiger partial charge in [0.2, 0.25) is 5.91 Å². The maximum Gasteiger partial charge on any atom is 0.340 e. The fourth-order valence-corrected chi connectivity index (χ4v) is 3.44. The van der Waals surface area contributed by atoms with Gasteiger partial charge in [0, 0.05) is 18.6 Å². The number of carbonyl (C=O) groups is 2. The van der Waals surface area contributed by atoms with E-state index in [4.69, 9.17) is 13.9 Å². The molecule has 1 amide bonds. The normalized spacial score (nSPS) is 11.7. The first-order valence-electron chi connectivity index (χ1n) is 9.71. The zero-order chi connectivity index (χ0) is 23.4. The predicted octanol–water partition coefficient (Wildman–Crippen LogP) is 2.18. The molecule has 0 saturated heterocycles. The molecule has 0 saturated carbocycles. The van der Waals surface area contributed by atoms with Crippen LogP contribution in [0.5, 0.6) is 17.2 Å². The highest BCUT2D eigenvalue weighted by atomic mass is 16.5. The van der Waals surface area contributed by atoms with Crippen molar-refractivity contribution in [1.29, 1.82) is 0 Å². The summed E-state index contributed by atoms with van der Waals surface area (Å²) in [6, 6.07) is 7.98. The molecule has 0 aliphatic rings. The summed E-state index contributed by atoms with van der Waals surface area (Å²) in [7, 11) is 2.94. The number of hydrogen-bond acceptors (Lipinski definition) is 7. The third-order valence-corrected chi connectivity index (χ3v) is 5.12. The second kappa shape index (κ2) is 9.42. The summed E-state index contributed by atoms with van der Waals surface area (Å²) in [4.78, 5) is 36.8. The first kappa shape index (κ1) is 22.7. The van der Waals surface area contributed by atoms with Gasteiger partial charge in [0.25, 0.3) is 0 Å². The number of amides is 1. The highest BCUT2D eigenvalue weighted by Crippen LogP contribution is 2.33. The molecule has 0 aliphatic heterocycles. The molecule has 2 aromatic carbocycles. The third kappa shape index (κ3) is 4.83. The van der Waals surface area contributed by atoms with E-state index in [1.807, 2.05) is 0 Å². The number of hydrogen-bond donors (Lipinski definition) is 3. The number of methoxy groups -OCH3 is 2. The first-order valence-corrected chi connectivity index (χ1v) is 9.71. The van der Waals surface area contributed by atoms with Crippen LogP contribution >= 0.6 is 0 Å². The Kier molecular flexibility index (Phi) is 6.67. The largest absolute Gasteiger partial charge is 0.508 e. The Labute approximate surface area is 183 Å². The lowest BCUT2D eigenvalue weighted by Gasteiger charge is -2.16. The minimum absolute atomic E-state index is 0.0142. The van der Waals surface area contributed by atoms with Crippen LogP contribution in [0.1, 0.15) is 16.7 Å². The number of benzene rings is 2. The smallest absolute Gasteiger partial charge is 0.340 e. The SMILES string of the molecule is COc1cc(OC)c2c(C)c(CC(=O)N[C@@H](Cc3ccc(O)cc3)C(=O)O)c(=O)oc2c1. The van der Waals surface area contributed by atoms with Crippen molar-refractivity contribution in [2.24, 2.45) is 0 Å². The van der Waals surface area contributed by atoms with E-state index in [1.165, 1.54) is 26.4 Å². The van der Waals surface area contributed by atoms with Gasteiger partial charge in [0.1, 0.15) is 28.9 Å². The van der Waals surface area contributed by atoms with Crippen LogP contribution in [0.25, 0.3) is 11.0 Å². The van der Waals surface area contributed by atoms with Crippen molar-refractivity contribution in [3.05, 3.63) is 63.5 Å². The van der Waals surface area contributed by atoms with E-state index < -0.39 is 23.5 Å². The molecule has 9 nitrogen and oxygen atoms in total. The van der Waals surface area contributed by atoms with Gasteiger partial charge in [0.05, 0.1) is 31.6 Å².